The summed E-state index contributed by atoms with van der Waals surface area (Å²) in [5, 5.41) is 33.8. The zero-order valence-electron chi connectivity index (χ0n) is 21.8. The van der Waals surface area contributed by atoms with E-state index in [1.54, 1.807) is 0 Å². The fourth-order valence-corrected chi connectivity index (χ4v) is 4.50. The molecule has 222 valence electrons. The van der Waals surface area contributed by atoms with E-state index >= 15 is 0 Å². The Morgan fingerprint density at radius 1 is 1.19 bits per heavy atom. The number of hydrogen-bond acceptors (Lipinski definition) is 10. The van der Waals surface area contributed by atoms with Crippen molar-refractivity contribution in [1.29, 1.82) is 0 Å². The van der Waals surface area contributed by atoms with Crippen LogP contribution in [0.25, 0.3) is 0 Å². The van der Waals surface area contributed by atoms with Gasteiger partial charge in [-0.05, 0) is 31.0 Å². The number of amides is 5. The molecule has 18 heteroatoms. The molecule has 42 heavy (non-hydrogen) atoms. The molecule has 0 bridgehead atoms. The van der Waals surface area contributed by atoms with Crippen molar-refractivity contribution in [3.05, 3.63) is 52.9 Å². The van der Waals surface area contributed by atoms with Crippen molar-refractivity contribution in [2.45, 2.75) is 24.8 Å². The number of nitrogens with two attached hydrogens (primary N) is 1. The highest BCUT2D eigenvalue weighted by Gasteiger charge is 2.42. The van der Waals surface area contributed by atoms with Gasteiger partial charge in [-0.3, -0.25) is 24.3 Å². The molecule has 0 spiro atoms. The van der Waals surface area contributed by atoms with E-state index in [-0.39, 0.29) is 38.2 Å². The first-order chi connectivity index (χ1) is 19.9. The van der Waals surface area contributed by atoms with E-state index in [1.807, 2.05) is 0 Å². The lowest BCUT2D eigenvalue weighted by Gasteiger charge is -2.33. The second-order valence-corrected chi connectivity index (χ2v) is 9.38. The molecule has 0 aliphatic carbocycles. The van der Waals surface area contributed by atoms with Crippen molar-refractivity contribution >= 4 is 36.8 Å². The minimum absolute atomic E-state index is 0.00931. The largest absolute Gasteiger partial charge is 0.547 e. The van der Waals surface area contributed by atoms with Crippen molar-refractivity contribution in [3.8, 4) is 11.5 Å². The summed E-state index contributed by atoms with van der Waals surface area (Å²) in [7, 11) is -1.89. The van der Waals surface area contributed by atoms with Gasteiger partial charge in [-0.1, -0.05) is 6.07 Å². The van der Waals surface area contributed by atoms with Gasteiger partial charge in [-0.2, -0.15) is 0 Å². The first kappa shape index (κ1) is 30.1. The topological polar surface area (TPSA) is 225 Å². The maximum Gasteiger partial charge on any atom is 0.547 e. The molecule has 7 N–H and O–H groups in total. The van der Waals surface area contributed by atoms with Crippen LogP contribution in [0.3, 0.4) is 0 Å². The van der Waals surface area contributed by atoms with Crippen LogP contribution in [-0.4, -0.2) is 99.0 Å². The Bertz CT molecular complexity index is 1450. The molecule has 2 aromatic rings. The number of aromatic nitrogens is 1. The van der Waals surface area contributed by atoms with E-state index in [2.05, 4.69) is 15.6 Å². The number of carboxylic acids is 1. The Balaban J connectivity index is 1.56. The molecule has 1 aromatic carbocycles. The molecule has 3 heterocycles. The standard InChI is InChI=1S/C24H25BF2N6O9/c26-13-3-2-11-8-15(25(41)42-19(11)16(13)23(38)39)30-20(35)18(17-14(27)9-12(34)10-29-17)31-24(40)33-7-6-32(5-1-4-28)21(36)22(33)37/h2-3,9-10,15,18,34,41H,1,4-8,28H2,(H,30,35)(H,31,40)(H,38,39). The fraction of sp³-hybridized carbons (Fsp3) is 0.333. The van der Waals surface area contributed by atoms with E-state index in [1.165, 1.54) is 11.0 Å². The number of hydrogen-bond donors (Lipinski definition) is 6. The number of aromatic hydroxyl groups is 1. The van der Waals surface area contributed by atoms with Gasteiger partial charge >= 0.3 is 30.9 Å². The molecule has 1 fully saturated rings. The molecular weight excluding hydrogens is 565 g/mol. The van der Waals surface area contributed by atoms with Gasteiger partial charge in [0.1, 0.15) is 28.6 Å². The number of nitrogens with one attached hydrogen (secondary N) is 2. The lowest BCUT2D eigenvalue weighted by molar-refractivity contribution is -0.153. The molecule has 2 aliphatic heterocycles. The smallest absolute Gasteiger partial charge is 0.534 e. The van der Waals surface area contributed by atoms with Crippen LogP contribution in [0.1, 0.15) is 34.1 Å². The molecule has 1 saturated heterocycles. The molecular formula is C24H25BF2N6O9. The van der Waals surface area contributed by atoms with Crippen LogP contribution in [-0.2, 0) is 20.8 Å². The van der Waals surface area contributed by atoms with Crippen molar-refractivity contribution in [1.82, 2.24) is 25.4 Å². The number of benzene rings is 1. The number of carboxylic acid groups (broad SMARTS) is 1. The lowest BCUT2D eigenvalue weighted by Crippen LogP contribution is -2.60. The van der Waals surface area contributed by atoms with Gasteiger partial charge < -0.3 is 41.2 Å². The minimum atomic E-state index is -1.95. The number of fused-ring (bicyclic) bond motifs is 1. The highest BCUT2D eigenvalue weighted by atomic mass is 19.1. The normalized spacial score (nSPS) is 17.3. The Hall–Kier alpha value is -4.84. The second kappa shape index (κ2) is 12.4. The molecule has 0 radical (unpaired) electrons. The van der Waals surface area contributed by atoms with Gasteiger partial charge in [0, 0.05) is 25.7 Å². The molecule has 0 saturated carbocycles. The van der Waals surface area contributed by atoms with Crippen LogP contribution in [0, 0.1) is 11.6 Å². The summed E-state index contributed by atoms with van der Waals surface area (Å²) < 4.78 is 34.0. The summed E-state index contributed by atoms with van der Waals surface area (Å²) in [6.45, 7) is 0.216. The fourth-order valence-electron chi connectivity index (χ4n) is 4.50. The number of aromatic carboxylic acids is 1. The zero-order chi connectivity index (χ0) is 30.7. The molecule has 1 aromatic heterocycles. The van der Waals surface area contributed by atoms with Gasteiger partial charge in [0.15, 0.2) is 11.9 Å². The SMILES string of the molecule is NCCCN1CCN(C(=O)NC(C(=O)NC2Cc3ccc(F)c(C(=O)O)c3OB2O)c2ncc(O)cc2F)C(=O)C1=O. The Morgan fingerprint density at radius 3 is 2.60 bits per heavy atom. The van der Waals surface area contributed by atoms with E-state index in [4.69, 9.17) is 10.4 Å². The highest BCUT2D eigenvalue weighted by molar-refractivity contribution is 6.47. The van der Waals surface area contributed by atoms with Crippen molar-refractivity contribution in [2.75, 3.05) is 26.2 Å². The average molecular weight is 590 g/mol. The number of imide groups is 1. The number of carbonyl (C=O) groups excluding carboxylic acids is 4. The van der Waals surface area contributed by atoms with Crippen molar-refractivity contribution < 1.29 is 52.6 Å². The number of nitrogens with zero attached hydrogens (tertiary/aromatic N) is 3. The van der Waals surface area contributed by atoms with Gasteiger partial charge in [0.25, 0.3) is 0 Å². The first-order valence-corrected chi connectivity index (χ1v) is 12.6. The summed E-state index contributed by atoms with van der Waals surface area (Å²) in [4.78, 5) is 68.4. The third-order valence-corrected chi connectivity index (χ3v) is 6.60. The lowest BCUT2D eigenvalue weighted by atomic mass is 9.72. The molecule has 4 rings (SSSR count). The second-order valence-electron chi connectivity index (χ2n) is 9.38. The number of urea groups is 1. The average Bonchev–Trinajstić information content (AvgIpc) is 2.93. The molecule has 2 aliphatic rings. The predicted octanol–water partition coefficient (Wildman–Crippen LogP) is -1.33. The van der Waals surface area contributed by atoms with E-state index in [9.17, 15) is 48.0 Å². The van der Waals surface area contributed by atoms with E-state index < -0.39 is 83.2 Å². The van der Waals surface area contributed by atoms with Crippen LogP contribution in [0.4, 0.5) is 13.6 Å². The summed E-state index contributed by atoms with van der Waals surface area (Å²) in [5.74, 6) is -9.62. The first-order valence-electron chi connectivity index (χ1n) is 12.6. The van der Waals surface area contributed by atoms with Gasteiger partial charge in [0.05, 0.1) is 12.1 Å². The summed E-state index contributed by atoms with van der Waals surface area (Å²) >= 11 is 0. The van der Waals surface area contributed by atoms with Crippen LogP contribution in [0.5, 0.6) is 11.5 Å². The monoisotopic (exact) mass is 590 g/mol. The molecule has 2 unspecified atom stereocenters. The summed E-state index contributed by atoms with van der Waals surface area (Å²) in [5.41, 5.74) is 4.06. The Morgan fingerprint density at radius 2 is 1.93 bits per heavy atom. The van der Waals surface area contributed by atoms with Gasteiger partial charge in [-0.15, -0.1) is 0 Å². The van der Waals surface area contributed by atoms with Gasteiger partial charge in [0.2, 0.25) is 5.91 Å². The molecule has 2 atom stereocenters. The summed E-state index contributed by atoms with van der Waals surface area (Å²) in [6.07, 6.45) is 0.965. The van der Waals surface area contributed by atoms with E-state index in [0.717, 1.165) is 12.3 Å². The quantitative estimate of drug-likeness (QED) is 0.156. The number of pyridine rings is 1. The zero-order valence-corrected chi connectivity index (χ0v) is 21.8. The Labute approximate surface area is 236 Å². The molecule has 5 amide bonds. The van der Waals surface area contributed by atoms with Crippen molar-refractivity contribution in [3.63, 3.8) is 0 Å². The highest BCUT2D eigenvalue weighted by Crippen LogP contribution is 2.32. The summed E-state index contributed by atoms with van der Waals surface area (Å²) in [6, 6.07) is -0.495. The number of rotatable bonds is 8. The minimum Gasteiger partial charge on any atom is -0.534 e. The van der Waals surface area contributed by atoms with Gasteiger partial charge in [-0.25, -0.2) is 18.4 Å². The van der Waals surface area contributed by atoms with Crippen LogP contribution >= 0.6 is 0 Å². The maximum atomic E-state index is 14.8. The predicted molar refractivity (Wildman–Crippen MR) is 137 cm³/mol. The third kappa shape index (κ3) is 6.08. The van der Waals surface area contributed by atoms with Crippen LogP contribution in [0.15, 0.2) is 24.4 Å². The maximum absolute atomic E-state index is 14.8. The number of carbonyl (C=O) groups is 5. The Kier molecular flexibility index (Phi) is 8.86. The third-order valence-electron chi connectivity index (χ3n) is 6.60. The van der Waals surface area contributed by atoms with Crippen LogP contribution in [0.2, 0.25) is 0 Å². The van der Waals surface area contributed by atoms with E-state index in [0.29, 0.717) is 17.4 Å². The molecule has 15 nitrogen and oxygen atoms in total. The number of halogens is 2. The van der Waals surface area contributed by atoms with Crippen molar-refractivity contribution in [2.24, 2.45) is 5.73 Å². The number of piperazine rings is 1. The van der Waals surface area contributed by atoms with Crippen LogP contribution < -0.4 is 21.0 Å².